The van der Waals surface area contributed by atoms with E-state index in [1.54, 1.807) is 31.4 Å². The van der Waals surface area contributed by atoms with Crippen molar-refractivity contribution in [3.05, 3.63) is 59.9 Å². The summed E-state index contributed by atoms with van der Waals surface area (Å²) >= 11 is 1.48. The average Bonchev–Trinajstić information content (AvgIpc) is 2.50. The molecule has 0 radical (unpaired) electrons. The predicted molar refractivity (Wildman–Crippen MR) is 84.2 cm³/mol. The van der Waals surface area contributed by atoms with Gasteiger partial charge in [-0.2, -0.15) is 0 Å². The Labute approximate surface area is 127 Å². The molecule has 3 nitrogen and oxygen atoms in total. The first kappa shape index (κ1) is 15.4. The number of benzene rings is 2. The van der Waals surface area contributed by atoms with Gasteiger partial charge in [-0.05, 0) is 29.8 Å². The minimum absolute atomic E-state index is 0.0911. The van der Waals surface area contributed by atoms with Gasteiger partial charge in [0, 0.05) is 5.75 Å². The molecular weight excluding hydrogens is 289 g/mol. The summed E-state index contributed by atoms with van der Waals surface area (Å²) in [6, 6.07) is 13.6. The van der Waals surface area contributed by atoms with Gasteiger partial charge in [0.05, 0.1) is 18.6 Å². The highest BCUT2D eigenvalue weighted by Gasteiger charge is 2.07. The molecule has 2 aromatic rings. The first-order valence-electron chi connectivity index (χ1n) is 6.44. The van der Waals surface area contributed by atoms with E-state index in [-0.39, 0.29) is 11.7 Å². The third kappa shape index (κ3) is 4.79. The van der Waals surface area contributed by atoms with E-state index in [1.807, 2.05) is 12.1 Å². The summed E-state index contributed by atoms with van der Waals surface area (Å²) in [6.45, 7) is 0. The monoisotopic (exact) mass is 305 g/mol. The van der Waals surface area contributed by atoms with Crippen molar-refractivity contribution >= 4 is 23.4 Å². The van der Waals surface area contributed by atoms with E-state index < -0.39 is 0 Å². The highest BCUT2D eigenvalue weighted by Crippen LogP contribution is 2.23. The van der Waals surface area contributed by atoms with Gasteiger partial charge in [-0.3, -0.25) is 4.79 Å². The van der Waals surface area contributed by atoms with Crippen LogP contribution in [0.2, 0.25) is 0 Å². The van der Waals surface area contributed by atoms with Gasteiger partial charge < -0.3 is 10.1 Å². The highest BCUT2D eigenvalue weighted by atomic mass is 32.2. The van der Waals surface area contributed by atoms with Crippen LogP contribution in [0.1, 0.15) is 5.56 Å². The molecule has 0 heterocycles. The lowest BCUT2D eigenvalue weighted by Crippen LogP contribution is -2.14. The quantitative estimate of drug-likeness (QED) is 0.884. The van der Waals surface area contributed by atoms with Crippen LogP contribution in [0.3, 0.4) is 0 Å². The van der Waals surface area contributed by atoms with E-state index in [4.69, 9.17) is 4.74 Å². The zero-order chi connectivity index (χ0) is 15.1. The number of carbonyl (C=O) groups excluding carboxylic acids is 1. The number of thioether (sulfide) groups is 1. The van der Waals surface area contributed by atoms with Gasteiger partial charge in [-0.1, -0.05) is 24.3 Å². The van der Waals surface area contributed by atoms with Crippen LogP contribution in [0.5, 0.6) is 5.75 Å². The summed E-state index contributed by atoms with van der Waals surface area (Å²) < 4.78 is 17.9. The molecule has 0 atom stereocenters. The second-order valence-corrected chi connectivity index (χ2v) is 5.35. The lowest BCUT2D eigenvalue weighted by molar-refractivity contribution is -0.113. The number of para-hydroxylation sites is 2. The number of anilines is 1. The zero-order valence-corrected chi connectivity index (χ0v) is 12.5. The fourth-order valence-electron chi connectivity index (χ4n) is 1.78. The van der Waals surface area contributed by atoms with Crippen LogP contribution >= 0.6 is 11.8 Å². The molecule has 0 saturated heterocycles. The Bertz CT molecular complexity index is 601. The van der Waals surface area contributed by atoms with Gasteiger partial charge in [0.1, 0.15) is 11.6 Å². The first-order chi connectivity index (χ1) is 10.2. The fraction of sp³-hybridized carbons (Fsp3) is 0.188. The van der Waals surface area contributed by atoms with Crippen molar-refractivity contribution in [2.75, 3.05) is 18.2 Å². The molecule has 0 aliphatic carbocycles. The molecule has 0 saturated carbocycles. The summed E-state index contributed by atoms with van der Waals surface area (Å²) in [6.07, 6.45) is 0. The van der Waals surface area contributed by atoms with E-state index in [1.165, 1.54) is 23.9 Å². The summed E-state index contributed by atoms with van der Waals surface area (Å²) in [5, 5.41) is 2.81. The molecule has 2 rings (SSSR count). The van der Waals surface area contributed by atoms with Gasteiger partial charge in [0.2, 0.25) is 5.91 Å². The molecule has 0 spiro atoms. The summed E-state index contributed by atoms with van der Waals surface area (Å²) in [7, 11) is 1.56. The molecule has 0 aliphatic heterocycles. The summed E-state index contributed by atoms with van der Waals surface area (Å²) in [4.78, 5) is 11.9. The Balaban J connectivity index is 1.81. The zero-order valence-electron chi connectivity index (χ0n) is 11.6. The SMILES string of the molecule is COc1ccccc1NC(=O)CSCc1ccc(F)cc1. The van der Waals surface area contributed by atoms with Crippen LogP contribution in [0, 0.1) is 5.82 Å². The first-order valence-corrected chi connectivity index (χ1v) is 7.59. The van der Waals surface area contributed by atoms with E-state index in [2.05, 4.69) is 5.32 Å². The van der Waals surface area contributed by atoms with Crippen LogP contribution in [0.15, 0.2) is 48.5 Å². The number of hydrogen-bond acceptors (Lipinski definition) is 3. The number of hydrogen-bond donors (Lipinski definition) is 1. The van der Waals surface area contributed by atoms with Crippen molar-refractivity contribution in [2.45, 2.75) is 5.75 Å². The molecule has 0 unspecified atom stereocenters. The highest BCUT2D eigenvalue weighted by molar-refractivity contribution is 7.99. The molecule has 21 heavy (non-hydrogen) atoms. The Morgan fingerprint density at radius 1 is 1.19 bits per heavy atom. The Morgan fingerprint density at radius 2 is 1.90 bits per heavy atom. The molecule has 110 valence electrons. The van der Waals surface area contributed by atoms with E-state index in [9.17, 15) is 9.18 Å². The maximum Gasteiger partial charge on any atom is 0.234 e. The molecule has 1 amide bonds. The normalized spacial score (nSPS) is 10.2. The predicted octanol–water partition coefficient (Wildman–Crippen LogP) is 3.71. The largest absolute Gasteiger partial charge is 0.495 e. The molecule has 2 aromatic carbocycles. The van der Waals surface area contributed by atoms with Crippen LogP contribution in [-0.2, 0) is 10.5 Å². The number of amides is 1. The standard InChI is InChI=1S/C16H16FNO2S/c1-20-15-5-3-2-4-14(15)18-16(19)11-21-10-12-6-8-13(17)9-7-12/h2-9H,10-11H2,1H3,(H,18,19). The van der Waals surface area contributed by atoms with Crippen molar-refractivity contribution in [1.82, 2.24) is 0 Å². The maximum atomic E-state index is 12.8. The molecule has 0 bridgehead atoms. The number of halogens is 1. The molecule has 0 fully saturated rings. The van der Waals surface area contributed by atoms with Crippen LogP contribution in [0.4, 0.5) is 10.1 Å². The van der Waals surface area contributed by atoms with Crippen LogP contribution < -0.4 is 10.1 Å². The lowest BCUT2D eigenvalue weighted by Gasteiger charge is -2.09. The van der Waals surface area contributed by atoms with E-state index >= 15 is 0 Å². The van der Waals surface area contributed by atoms with Gasteiger partial charge in [-0.25, -0.2) is 4.39 Å². The fourth-order valence-corrected chi connectivity index (χ4v) is 2.56. The minimum Gasteiger partial charge on any atom is -0.495 e. The van der Waals surface area contributed by atoms with Crippen molar-refractivity contribution in [2.24, 2.45) is 0 Å². The number of ether oxygens (including phenoxy) is 1. The number of rotatable bonds is 6. The number of methoxy groups -OCH3 is 1. The van der Waals surface area contributed by atoms with E-state index in [0.29, 0.717) is 22.9 Å². The second-order valence-electron chi connectivity index (χ2n) is 4.37. The number of carbonyl (C=O) groups is 1. The van der Waals surface area contributed by atoms with Crippen LogP contribution in [-0.4, -0.2) is 18.8 Å². The topological polar surface area (TPSA) is 38.3 Å². The van der Waals surface area contributed by atoms with Gasteiger partial charge in [0.25, 0.3) is 0 Å². The molecule has 1 N–H and O–H groups in total. The molecule has 0 aromatic heterocycles. The maximum absolute atomic E-state index is 12.8. The van der Waals surface area contributed by atoms with Crippen molar-refractivity contribution in [3.8, 4) is 5.75 Å². The van der Waals surface area contributed by atoms with Gasteiger partial charge in [0.15, 0.2) is 0 Å². The number of nitrogens with one attached hydrogen (secondary N) is 1. The third-order valence-corrected chi connectivity index (χ3v) is 3.80. The summed E-state index contributed by atoms with van der Waals surface area (Å²) in [5.41, 5.74) is 1.65. The van der Waals surface area contributed by atoms with E-state index in [0.717, 1.165) is 5.56 Å². The molecular formula is C16H16FNO2S. The average molecular weight is 305 g/mol. The van der Waals surface area contributed by atoms with Crippen molar-refractivity contribution in [1.29, 1.82) is 0 Å². The minimum atomic E-state index is -0.252. The molecule has 5 heteroatoms. The Kier molecular flexibility index (Phi) is 5.63. The van der Waals surface area contributed by atoms with Crippen molar-refractivity contribution < 1.29 is 13.9 Å². The van der Waals surface area contributed by atoms with Gasteiger partial charge in [-0.15, -0.1) is 11.8 Å². The summed E-state index contributed by atoms with van der Waals surface area (Å²) in [5.74, 6) is 1.29. The van der Waals surface area contributed by atoms with Crippen LogP contribution in [0.25, 0.3) is 0 Å². The van der Waals surface area contributed by atoms with Gasteiger partial charge >= 0.3 is 0 Å². The smallest absolute Gasteiger partial charge is 0.234 e. The lowest BCUT2D eigenvalue weighted by atomic mass is 10.2. The Hall–Kier alpha value is -2.01. The Morgan fingerprint density at radius 3 is 2.62 bits per heavy atom. The molecule has 0 aliphatic rings. The second kappa shape index (κ2) is 7.69. The third-order valence-electron chi connectivity index (χ3n) is 2.80. The van der Waals surface area contributed by atoms with Crippen molar-refractivity contribution in [3.63, 3.8) is 0 Å².